The van der Waals surface area contributed by atoms with Crippen molar-refractivity contribution in [2.45, 2.75) is 34.6 Å². The Balaban J connectivity index is 1.61. The van der Waals surface area contributed by atoms with Crippen molar-refractivity contribution in [3.05, 3.63) is 182 Å². The molecule has 0 aliphatic heterocycles. The highest BCUT2D eigenvalue weighted by Crippen LogP contribution is 2.26. The maximum atomic E-state index is 14.7. The molecule has 2 heterocycles. The van der Waals surface area contributed by atoms with Crippen LogP contribution in [0.25, 0.3) is 34.1 Å². The fourth-order valence-corrected chi connectivity index (χ4v) is 7.16. The minimum absolute atomic E-state index is 0.0509. The zero-order valence-corrected chi connectivity index (χ0v) is 34.7. The second-order valence-corrected chi connectivity index (χ2v) is 14.3. The number of aliphatic imine (C=N–C) groups is 4. The zero-order valence-electron chi connectivity index (χ0n) is 34.7. The molecule has 0 saturated heterocycles. The summed E-state index contributed by atoms with van der Waals surface area (Å²) >= 11 is 0. The Morgan fingerprint density at radius 2 is 0.631 bits per heavy atom. The fraction of sp³-hybridized carbons (Fsp3) is 0.111. The first-order valence-corrected chi connectivity index (χ1v) is 19.1. The average molecular weight is 871 g/mol. The van der Waals surface area contributed by atoms with Crippen LogP contribution >= 0.6 is 0 Å². The monoisotopic (exact) mass is 870 g/mol. The average Bonchev–Trinajstić information content (AvgIpc) is 3.26. The number of hydrogen-bond acceptors (Lipinski definition) is 14. The quantitative estimate of drug-likeness (QED) is 0.141. The second-order valence-electron chi connectivity index (χ2n) is 14.3. The Kier molecular flexibility index (Phi) is 11.7. The largest absolute Gasteiger partial charge is 0.345 e. The van der Waals surface area contributed by atoms with E-state index in [1.54, 1.807) is 27.7 Å². The summed E-state index contributed by atoms with van der Waals surface area (Å²) in [5.41, 5.74) is -6.06. The van der Waals surface area contributed by atoms with Crippen LogP contribution in [-0.2, 0) is 19.2 Å². The van der Waals surface area contributed by atoms with Crippen molar-refractivity contribution in [1.82, 2.24) is 27.4 Å². The van der Waals surface area contributed by atoms with E-state index in [4.69, 9.17) is 0 Å². The van der Waals surface area contributed by atoms with Crippen LogP contribution in [0.2, 0.25) is 0 Å². The second kappa shape index (κ2) is 17.4. The smallest absolute Gasteiger partial charge is 0.246 e. The lowest BCUT2D eigenvalue weighted by atomic mass is 10.1. The highest BCUT2D eigenvalue weighted by Gasteiger charge is 2.25. The van der Waals surface area contributed by atoms with E-state index in [1.807, 2.05) is 0 Å². The molecule has 0 amide bonds. The van der Waals surface area contributed by atoms with Gasteiger partial charge in [0.05, 0.1) is 56.9 Å². The van der Waals surface area contributed by atoms with E-state index in [2.05, 4.69) is 20.0 Å². The maximum absolute atomic E-state index is 14.7. The van der Waals surface area contributed by atoms with Crippen LogP contribution in [-0.4, -0.2) is 51.7 Å². The predicted octanol–water partition coefficient (Wildman–Crippen LogP) is 4.00. The van der Waals surface area contributed by atoms with Crippen LogP contribution in [0.1, 0.15) is 27.8 Å². The van der Waals surface area contributed by atoms with Gasteiger partial charge in [-0.2, -0.15) is 20.0 Å². The molecule has 20 nitrogen and oxygen atoms in total. The van der Waals surface area contributed by atoms with Crippen LogP contribution in [0.4, 0.5) is 22.7 Å². The Bertz CT molecular complexity index is 3680. The molecule has 20 heteroatoms. The summed E-state index contributed by atoms with van der Waals surface area (Å²) in [6.45, 7) is 7.79. The van der Waals surface area contributed by atoms with Gasteiger partial charge in [0.2, 0.25) is 24.3 Å². The van der Waals surface area contributed by atoms with E-state index in [9.17, 15) is 47.9 Å². The minimum Gasteiger partial charge on any atom is -0.246 e. The number of carbonyl (C=O) groups excluding carboxylic acids is 4. The van der Waals surface area contributed by atoms with Crippen LogP contribution < -0.4 is 34.1 Å². The van der Waals surface area contributed by atoms with Gasteiger partial charge in [-0.05, 0) is 129 Å². The van der Waals surface area contributed by atoms with Crippen LogP contribution in [0.5, 0.6) is 0 Å². The first-order chi connectivity index (χ1) is 31.2. The standard InChI is InChI=1S/C45H30N10O10/c1-25-9-12-31(18-35(25)47-22-57)51-40(60)50(30-15-16-34(46-21-56)28(4)17-30)42(62)54(43(51)63)38-7-6-8-39(29(38)5)55-44(64)52(32-13-10-26(2)36(19-32)48-23-58)41(61)53(45(55)65)33-14-11-27(3)37(20-33)49-24-59/h6-20H,1-5H3. The van der Waals surface area contributed by atoms with E-state index in [1.165, 1.54) is 122 Å². The molecular formula is C45H30N10O10. The van der Waals surface area contributed by atoms with Crippen molar-refractivity contribution >= 4 is 47.1 Å². The Hall–Kier alpha value is -9.56. The first kappa shape index (κ1) is 43.5. The van der Waals surface area contributed by atoms with Crippen LogP contribution in [0.3, 0.4) is 0 Å². The lowest BCUT2D eigenvalue weighted by molar-refractivity contribution is 0.564. The first-order valence-electron chi connectivity index (χ1n) is 19.1. The Morgan fingerprint density at radius 3 is 0.954 bits per heavy atom. The van der Waals surface area contributed by atoms with Gasteiger partial charge in [0, 0.05) is 0 Å². The molecule has 0 atom stereocenters. The van der Waals surface area contributed by atoms with Gasteiger partial charge in [-0.25, -0.2) is 75.3 Å². The van der Waals surface area contributed by atoms with Crippen molar-refractivity contribution < 1.29 is 19.2 Å². The van der Waals surface area contributed by atoms with E-state index in [0.717, 1.165) is 0 Å². The molecule has 2 aromatic heterocycles. The van der Waals surface area contributed by atoms with Crippen LogP contribution in [0, 0.1) is 34.6 Å². The van der Waals surface area contributed by atoms with E-state index in [-0.39, 0.29) is 62.4 Å². The third kappa shape index (κ3) is 7.59. The molecule has 7 aromatic rings. The third-order valence-electron chi connectivity index (χ3n) is 10.5. The molecule has 7 rings (SSSR count). The van der Waals surface area contributed by atoms with Gasteiger partial charge in [0.25, 0.3) is 0 Å². The molecule has 0 bridgehead atoms. The van der Waals surface area contributed by atoms with E-state index >= 15 is 0 Å². The molecular weight excluding hydrogens is 841 g/mol. The minimum atomic E-state index is -1.23. The summed E-state index contributed by atoms with van der Waals surface area (Å²) in [5, 5.41) is 0. The number of aromatic nitrogens is 6. The number of aryl methyl sites for hydroxylation is 4. The molecule has 320 valence electrons. The van der Waals surface area contributed by atoms with Gasteiger partial charge in [0.15, 0.2) is 0 Å². The van der Waals surface area contributed by atoms with Crippen molar-refractivity contribution in [2.75, 3.05) is 0 Å². The lowest BCUT2D eigenvalue weighted by Crippen LogP contribution is -2.53. The number of hydrogen-bond donors (Lipinski definition) is 0. The van der Waals surface area contributed by atoms with Crippen molar-refractivity contribution in [3.8, 4) is 34.1 Å². The summed E-state index contributed by atoms with van der Waals surface area (Å²) in [6.07, 6.45) is 5.71. The van der Waals surface area contributed by atoms with Gasteiger partial charge in [-0.3, -0.25) is 0 Å². The van der Waals surface area contributed by atoms with Gasteiger partial charge in [0.1, 0.15) is 0 Å². The summed E-state index contributed by atoms with van der Waals surface area (Å²) in [7, 11) is 0. The summed E-state index contributed by atoms with van der Waals surface area (Å²) in [4.78, 5) is 147. The molecule has 0 aliphatic rings. The van der Waals surface area contributed by atoms with Gasteiger partial charge in [-0.15, -0.1) is 0 Å². The maximum Gasteiger partial charge on any atom is 0.345 e. The van der Waals surface area contributed by atoms with Gasteiger partial charge in [-0.1, -0.05) is 24.3 Å². The van der Waals surface area contributed by atoms with Gasteiger partial charge < -0.3 is 0 Å². The highest BCUT2D eigenvalue weighted by molar-refractivity contribution is 5.62. The van der Waals surface area contributed by atoms with Crippen molar-refractivity contribution in [3.63, 3.8) is 0 Å². The third-order valence-corrected chi connectivity index (χ3v) is 10.5. The number of rotatable bonds is 10. The molecule has 0 radical (unpaired) electrons. The summed E-state index contributed by atoms with van der Waals surface area (Å²) < 4.78 is 3.83. The number of nitrogens with zero attached hydrogens (tertiary/aromatic N) is 10. The molecule has 5 aromatic carbocycles. The van der Waals surface area contributed by atoms with Crippen LogP contribution in [0.15, 0.2) is 140 Å². The Morgan fingerprint density at radius 1 is 0.338 bits per heavy atom. The summed E-state index contributed by atoms with van der Waals surface area (Å²) in [5.74, 6) is 0. The molecule has 0 aliphatic carbocycles. The van der Waals surface area contributed by atoms with E-state index < -0.39 is 34.1 Å². The van der Waals surface area contributed by atoms with Crippen molar-refractivity contribution in [1.29, 1.82) is 0 Å². The highest BCUT2D eigenvalue weighted by atomic mass is 16.2. The van der Waals surface area contributed by atoms with E-state index in [0.29, 0.717) is 49.7 Å². The molecule has 0 spiro atoms. The predicted molar refractivity (Wildman–Crippen MR) is 235 cm³/mol. The molecule has 0 unspecified atom stereocenters. The zero-order chi connectivity index (χ0) is 46.9. The normalized spacial score (nSPS) is 10.6. The topological polar surface area (TPSA) is 250 Å². The SMILES string of the molecule is Cc1cc(-n2c(=O)n(-c3ccc(C)c(N=C=O)c3)c(=O)n(-c3cccc(-n4c(=O)n(-c5ccc(C)c(N=C=O)c5)c(=O)n(-c5ccc(C)c(N=C=O)c5)c4=O)c3C)c2=O)ccc1N=C=O. The fourth-order valence-electron chi connectivity index (χ4n) is 7.16. The lowest BCUT2D eigenvalue weighted by Gasteiger charge is -2.19. The Labute approximate surface area is 363 Å². The number of benzene rings is 5. The van der Waals surface area contributed by atoms with Crippen molar-refractivity contribution in [2.24, 2.45) is 20.0 Å². The number of isocyanates is 4. The molecule has 0 saturated carbocycles. The summed E-state index contributed by atoms with van der Waals surface area (Å²) in [6, 6.07) is 20.3. The molecule has 65 heavy (non-hydrogen) atoms. The molecule has 0 fully saturated rings. The molecule has 0 N–H and O–H groups in total. The van der Waals surface area contributed by atoms with Gasteiger partial charge >= 0.3 is 34.1 Å².